The summed E-state index contributed by atoms with van der Waals surface area (Å²) in [5.74, 6) is -0.886. The van der Waals surface area contributed by atoms with Gasteiger partial charge in [0.05, 0.1) is 26.6 Å². The summed E-state index contributed by atoms with van der Waals surface area (Å²) >= 11 is 30.8. The van der Waals surface area contributed by atoms with Gasteiger partial charge in [-0.15, -0.1) is 0 Å². The van der Waals surface area contributed by atoms with E-state index in [1.807, 2.05) is 0 Å². The van der Waals surface area contributed by atoms with Crippen LogP contribution < -0.4 is 4.74 Å². The number of benzene rings is 1. The number of esters is 1. The third kappa shape index (κ3) is 3.72. The van der Waals surface area contributed by atoms with Crippen molar-refractivity contribution >= 4 is 72.3 Å². The highest BCUT2D eigenvalue weighted by Gasteiger charge is 2.70. The molecule has 1 aromatic rings. The topological polar surface area (TPSA) is 35.5 Å². The van der Waals surface area contributed by atoms with Crippen LogP contribution in [0.25, 0.3) is 0 Å². The average Bonchev–Trinajstić information content (AvgIpc) is 2.86. The first kappa shape index (κ1) is 24.9. The van der Waals surface area contributed by atoms with Gasteiger partial charge in [-0.3, -0.25) is 4.79 Å². The Hall–Kier alpha value is 0.317. The fourth-order valence-electron chi connectivity index (χ4n) is 4.58. The molecule has 3 nitrogen and oxygen atoms in total. The largest absolute Gasteiger partial charge is 0.423 e. The zero-order chi connectivity index (χ0) is 22.9. The number of carbonyl (C=O) groups excluding carboxylic acids is 1. The molecule has 30 heavy (non-hydrogen) atoms. The van der Waals surface area contributed by atoms with Crippen LogP contribution in [0, 0.1) is 11.3 Å². The Morgan fingerprint density at radius 3 is 1.93 bits per heavy atom. The number of carbonyl (C=O) groups is 1. The summed E-state index contributed by atoms with van der Waals surface area (Å²) in [6, 6.07) is 0. The molecular weight excluding hydrogens is 506 g/mol. The molecule has 0 aliphatic heterocycles. The highest BCUT2D eigenvalue weighted by Crippen LogP contribution is 2.67. The second-order valence-electron chi connectivity index (χ2n) is 10.2. The Balaban J connectivity index is 1.94. The van der Waals surface area contributed by atoms with E-state index in [4.69, 9.17) is 67.2 Å². The van der Waals surface area contributed by atoms with Crippen LogP contribution in [0.15, 0.2) is 0 Å². The van der Waals surface area contributed by atoms with Gasteiger partial charge in [-0.05, 0) is 49.2 Å². The first-order valence-electron chi connectivity index (χ1n) is 10.0. The molecule has 0 saturated heterocycles. The van der Waals surface area contributed by atoms with Crippen molar-refractivity contribution in [1.82, 2.24) is 0 Å². The van der Waals surface area contributed by atoms with Crippen LogP contribution in [0.5, 0.6) is 5.75 Å². The summed E-state index contributed by atoms with van der Waals surface area (Å²) in [5, 5.41) is -0.00398. The first-order chi connectivity index (χ1) is 13.6. The van der Waals surface area contributed by atoms with Gasteiger partial charge in [-0.2, -0.15) is 0 Å². The third-order valence-electron chi connectivity index (χ3n) is 7.42. The van der Waals surface area contributed by atoms with Gasteiger partial charge in [0.1, 0.15) is 10.0 Å². The molecule has 2 aliphatic rings. The SMILES string of the molecule is CC(C)(C)[Si](C)(C)O[C@]12CCC[C@@]1(C)C[C@H]2C(=O)Oc1c(Cl)c(Cl)c(Cl)c(Cl)c1Cl. The Kier molecular flexibility index (Phi) is 6.63. The normalized spacial score (nSPS) is 28.8. The second-order valence-corrected chi connectivity index (χ2v) is 16.9. The van der Waals surface area contributed by atoms with Gasteiger partial charge in [0, 0.05) is 0 Å². The van der Waals surface area contributed by atoms with Crippen LogP contribution in [0.2, 0.25) is 43.2 Å². The Morgan fingerprint density at radius 2 is 1.47 bits per heavy atom. The first-order valence-corrected chi connectivity index (χ1v) is 14.8. The minimum Gasteiger partial charge on any atom is -0.423 e. The summed E-state index contributed by atoms with van der Waals surface area (Å²) in [5.41, 5.74) is -0.582. The summed E-state index contributed by atoms with van der Waals surface area (Å²) in [6.45, 7) is 13.2. The van der Waals surface area contributed by atoms with Gasteiger partial charge in [-0.1, -0.05) is 85.7 Å². The lowest BCUT2D eigenvalue weighted by Gasteiger charge is -2.61. The van der Waals surface area contributed by atoms with Crippen molar-refractivity contribution in [1.29, 1.82) is 0 Å². The molecule has 3 atom stereocenters. The Labute approximate surface area is 204 Å². The van der Waals surface area contributed by atoms with Crippen LogP contribution in [-0.2, 0) is 9.22 Å². The predicted molar refractivity (Wildman–Crippen MR) is 128 cm³/mol. The number of fused-ring (bicyclic) bond motifs is 1. The molecule has 0 amide bonds. The van der Waals surface area contributed by atoms with Crippen molar-refractivity contribution in [2.45, 2.75) is 77.1 Å². The Bertz CT molecular complexity index is 869. The molecule has 2 aliphatic carbocycles. The van der Waals surface area contributed by atoms with E-state index in [1.54, 1.807) is 0 Å². The van der Waals surface area contributed by atoms with Crippen molar-refractivity contribution < 1.29 is 14.0 Å². The minimum absolute atomic E-state index is 0.00193. The van der Waals surface area contributed by atoms with E-state index in [1.165, 1.54) is 0 Å². The van der Waals surface area contributed by atoms with Crippen LogP contribution >= 0.6 is 58.0 Å². The molecule has 0 spiro atoms. The lowest BCUT2D eigenvalue weighted by atomic mass is 9.53. The number of halogens is 5. The number of hydrogen-bond acceptors (Lipinski definition) is 3. The molecule has 168 valence electrons. The lowest BCUT2D eigenvalue weighted by Crippen LogP contribution is -2.68. The third-order valence-corrected chi connectivity index (χ3v) is 14.1. The van der Waals surface area contributed by atoms with Crippen molar-refractivity contribution in [3.05, 3.63) is 25.1 Å². The smallest absolute Gasteiger partial charge is 0.317 e. The van der Waals surface area contributed by atoms with Crippen molar-refractivity contribution in [3.63, 3.8) is 0 Å². The molecule has 0 aromatic heterocycles. The summed E-state index contributed by atoms with van der Waals surface area (Å²) < 4.78 is 12.6. The average molecular weight is 533 g/mol. The molecule has 2 fully saturated rings. The van der Waals surface area contributed by atoms with Crippen molar-refractivity contribution in [2.75, 3.05) is 0 Å². The maximum atomic E-state index is 13.3. The van der Waals surface area contributed by atoms with Gasteiger partial charge in [0.25, 0.3) is 0 Å². The van der Waals surface area contributed by atoms with Gasteiger partial charge >= 0.3 is 5.97 Å². The van der Waals surface area contributed by atoms with E-state index in [9.17, 15) is 4.79 Å². The summed E-state index contributed by atoms with van der Waals surface area (Å²) in [6.07, 6.45) is 3.59. The maximum Gasteiger partial charge on any atom is 0.317 e. The number of ether oxygens (including phenoxy) is 1. The van der Waals surface area contributed by atoms with E-state index in [2.05, 4.69) is 40.8 Å². The zero-order valence-corrected chi connectivity index (χ0v) is 22.8. The summed E-state index contributed by atoms with van der Waals surface area (Å²) in [4.78, 5) is 13.3. The van der Waals surface area contributed by atoms with Gasteiger partial charge < -0.3 is 9.16 Å². The van der Waals surface area contributed by atoms with E-state index in [0.29, 0.717) is 6.42 Å². The quantitative estimate of drug-likeness (QED) is 0.128. The molecule has 3 rings (SSSR count). The molecule has 0 unspecified atom stereocenters. The second kappa shape index (κ2) is 7.97. The van der Waals surface area contributed by atoms with E-state index in [0.717, 1.165) is 19.3 Å². The van der Waals surface area contributed by atoms with Crippen LogP contribution in [0.4, 0.5) is 0 Å². The molecule has 1 aromatic carbocycles. The fourth-order valence-corrected chi connectivity index (χ4v) is 7.49. The lowest BCUT2D eigenvalue weighted by molar-refractivity contribution is -0.196. The van der Waals surface area contributed by atoms with E-state index in [-0.39, 0.29) is 41.3 Å². The predicted octanol–water partition coefficient (Wildman–Crippen LogP) is 8.83. The molecule has 2 saturated carbocycles. The highest BCUT2D eigenvalue weighted by molar-refractivity contribution is 6.74. The number of hydrogen-bond donors (Lipinski definition) is 0. The molecule has 0 bridgehead atoms. The van der Waals surface area contributed by atoms with Gasteiger partial charge in [-0.25, -0.2) is 0 Å². The summed E-state index contributed by atoms with van der Waals surface area (Å²) in [7, 11) is -2.13. The molecule has 0 N–H and O–H groups in total. The van der Waals surface area contributed by atoms with E-state index >= 15 is 0 Å². The minimum atomic E-state index is -2.13. The molecule has 9 heteroatoms. The zero-order valence-electron chi connectivity index (χ0n) is 18.0. The fraction of sp³-hybridized carbons (Fsp3) is 0.667. The van der Waals surface area contributed by atoms with E-state index < -0.39 is 25.8 Å². The number of rotatable bonds is 4. The van der Waals surface area contributed by atoms with Gasteiger partial charge in [0.15, 0.2) is 14.1 Å². The monoisotopic (exact) mass is 530 g/mol. The molecular formula is C21H27Cl5O3Si. The van der Waals surface area contributed by atoms with Crippen LogP contribution in [0.3, 0.4) is 0 Å². The molecule has 0 heterocycles. The van der Waals surface area contributed by atoms with Crippen LogP contribution in [0.1, 0.15) is 53.4 Å². The van der Waals surface area contributed by atoms with Crippen LogP contribution in [-0.4, -0.2) is 19.9 Å². The van der Waals surface area contributed by atoms with Crippen molar-refractivity contribution in [3.8, 4) is 5.75 Å². The van der Waals surface area contributed by atoms with Crippen molar-refractivity contribution in [2.24, 2.45) is 11.3 Å². The van der Waals surface area contributed by atoms with Gasteiger partial charge in [0.2, 0.25) is 0 Å². The highest BCUT2D eigenvalue weighted by atomic mass is 35.5. The maximum absolute atomic E-state index is 13.3. The standard InChI is InChI=1S/C21H27Cl5O3Si/c1-19(2,3)30(5,6)29-21-9-7-8-20(21,4)10-11(21)18(27)28-17-15(25)13(23)12(22)14(24)16(17)26/h11H,7-10H2,1-6H3/t11-,20-,21-/m0/s1. The Morgan fingerprint density at radius 1 is 0.967 bits per heavy atom. The molecule has 0 radical (unpaired) electrons.